The van der Waals surface area contributed by atoms with Crippen LogP contribution in [0, 0.1) is 0 Å². The number of piperidine rings is 1. The van der Waals surface area contributed by atoms with Gasteiger partial charge in [-0.15, -0.1) is 0 Å². The van der Waals surface area contributed by atoms with Gasteiger partial charge in [0.1, 0.15) is 18.1 Å². The van der Waals surface area contributed by atoms with Crippen molar-refractivity contribution in [2.45, 2.75) is 32.0 Å². The molecule has 1 unspecified atom stereocenters. The summed E-state index contributed by atoms with van der Waals surface area (Å²) in [5, 5.41) is 3.26. The number of rotatable bonds is 6. The Kier molecular flexibility index (Phi) is 6.87. The predicted octanol–water partition coefficient (Wildman–Crippen LogP) is 2.67. The lowest BCUT2D eigenvalue weighted by atomic mass is 10.0. The van der Waals surface area contributed by atoms with Gasteiger partial charge in [-0.1, -0.05) is 30.3 Å². The molecule has 2 aromatic rings. The van der Waals surface area contributed by atoms with Crippen molar-refractivity contribution in [2.24, 2.45) is 0 Å². The highest BCUT2D eigenvalue weighted by atomic mass is 16.5. The van der Waals surface area contributed by atoms with E-state index in [4.69, 9.17) is 9.47 Å². The van der Waals surface area contributed by atoms with Crippen molar-refractivity contribution in [3.8, 4) is 11.5 Å². The number of benzene rings is 2. The number of methoxy groups -OCH3 is 1. The molecule has 1 fully saturated rings. The quantitative estimate of drug-likeness (QED) is 0.795. The summed E-state index contributed by atoms with van der Waals surface area (Å²) < 4.78 is 11.1. The van der Waals surface area contributed by atoms with Crippen molar-refractivity contribution >= 4 is 5.91 Å². The molecule has 2 aliphatic rings. The zero-order valence-electron chi connectivity index (χ0n) is 17.7. The first-order chi connectivity index (χ1) is 14.7. The smallest absolute Gasteiger partial charge is 0.234 e. The molecule has 4 rings (SSSR count). The van der Waals surface area contributed by atoms with Crippen LogP contribution in [-0.4, -0.2) is 61.6 Å². The van der Waals surface area contributed by atoms with Crippen LogP contribution in [0.4, 0.5) is 0 Å². The van der Waals surface area contributed by atoms with Gasteiger partial charge >= 0.3 is 0 Å². The van der Waals surface area contributed by atoms with E-state index in [1.54, 1.807) is 7.11 Å². The Hall–Kier alpha value is -2.57. The second-order valence-electron chi connectivity index (χ2n) is 8.16. The molecule has 1 amide bonds. The molecule has 1 atom stereocenters. The predicted molar refractivity (Wildman–Crippen MR) is 117 cm³/mol. The van der Waals surface area contributed by atoms with Crippen LogP contribution in [0.25, 0.3) is 0 Å². The van der Waals surface area contributed by atoms with E-state index in [1.165, 1.54) is 5.56 Å². The molecule has 2 aromatic carbocycles. The molecule has 0 saturated carbocycles. The third-order valence-corrected chi connectivity index (χ3v) is 5.81. The molecule has 0 radical (unpaired) electrons. The Morgan fingerprint density at radius 2 is 2.07 bits per heavy atom. The van der Waals surface area contributed by atoms with Gasteiger partial charge in [-0.3, -0.25) is 14.6 Å². The molecule has 1 saturated heterocycles. The molecule has 6 heteroatoms. The largest absolute Gasteiger partial charge is 0.497 e. The van der Waals surface area contributed by atoms with Gasteiger partial charge in [0.2, 0.25) is 5.91 Å². The standard InChI is InChI=1S/C24H31N3O3/c1-29-22-9-4-6-19(14-22)15-26-11-5-8-21(17-26)25-24(28)18-27-12-13-30-23-10-3-2-7-20(23)16-27/h2-4,6-7,9-10,14,21H,5,8,11-13,15-18H2,1H3,(H,25,28). The fourth-order valence-electron chi connectivity index (χ4n) is 4.34. The summed E-state index contributed by atoms with van der Waals surface area (Å²) in [7, 11) is 1.70. The van der Waals surface area contributed by atoms with Crippen molar-refractivity contribution in [1.82, 2.24) is 15.1 Å². The monoisotopic (exact) mass is 409 g/mol. The van der Waals surface area contributed by atoms with Crippen LogP contribution in [0.2, 0.25) is 0 Å². The van der Waals surface area contributed by atoms with Gasteiger partial charge in [-0.2, -0.15) is 0 Å². The second kappa shape index (κ2) is 9.96. The first-order valence-corrected chi connectivity index (χ1v) is 10.8. The summed E-state index contributed by atoms with van der Waals surface area (Å²) in [5.41, 5.74) is 2.38. The SMILES string of the molecule is COc1cccc(CN2CCCC(NC(=O)CN3CCOc4ccccc4C3)C2)c1. The van der Waals surface area contributed by atoms with Gasteiger partial charge in [0.15, 0.2) is 0 Å². The number of hydrogen-bond acceptors (Lipinski definition) is 5. The maximum atomic E-state index is 12.7. The number of amides is 1. The van der Waals surface area contributed by atoms with Crippen molar-refractivity contribution < 1.29 is 14.3 Å². The zero-order valence-corrected chi connectivity index (χ0v) is 17.7. The maximum Gasteiger partial charge on any atom is 0.234 e. The third-order valence-electron chi connectivity index (χ3n) is 5.81. The highest BCUT2D eigenvalue weighted by Crippen LogP contribution is 2.22. The van der Waals surface area contributed by atoms with E-state index in [9.17, 15) is 4.79 Å². The second-order valence-corrected chi connectivity index (χ2v) is 8.16. The number of para-hydroxylation sites is 1. The third kappa shape index (κ3) is 5.52. The topological polar surface area (TPSA) is 54.0 Å². The minimum atomic E-state index is 0.0996. The van der Waals surface area contributed by atoms with E-state index in [0.29, 0.717) is 13.2 Å². The van der Waals surface area contributed by atoms with Crippen LogP contribution in [0.5, 0.6) is 11.5 Å². The van der Waals surface area contributed by atoms with Gasteiger partial charge < -0.3 is 14.8 Å². The number of likely N-dealkylation sites (tertiary alicyclic amines) is 1. The minimum absolute atomic E-state index is 0.0996. The summed E-state index contributed by atoms with van der Waals surface area (Å²) in [6.45, 7) is 5.35. The molecule has 0 aromatic heterocycles. The number of carbonyl (C=O) groups excluding carboxylic acids is 1. The van der Waals surface area contributed by atoms with Crippen LogP contribution < -0.4 is 14.8 Å². The molecular formula is C24H31N3O3. The van der Waals surface area contributed by atoms with Gasteiger partial charge in [0.25, 0.3) is 0 Å². The van der Waals surface area contributed by atoms with Gasteiger partial charge in [0.05, 0.1) is 13.7 Å². The van der Waals surface area contributed by atoms with Gasteiger partial charge in [-0.05, 0) is 43.1 Å². The zero-order chi connectivity index (χ0) is 20.8. The van der Waals surface area contributed by atoms with E-state index >= 15 is 0 Å². The summed E-state index contributed by atoms with van der Waals surface area (Å²) in [6.07, 6.45) is 2.13. The van der Waals surface area contributed by atoms with Crippen molar-refractivity contribution in [3.05, 3.63) is 59.7 Å². The number of hydrogen-bond donors (Lipinski definition) is 1. The highest BCUT2D eigenvalue weighted by molar-refractivity contribution is 5.78. The van der Waals surface area contributed by atoms with Crippen molar-refractivity contribution in [1.29, 1.82) is 0 Å². The molecule has 30 heavy (non-hydrogen) atoms. The van der Waals surface area contributed by atoms with Crippen LogP contribution in [0.3, 0.4) is 0 Å². The molecule has 6 nitrogen and oxygen atoms in total. The number of nitrogens with zero attached hydrogens (tertiary/aromatic N) is 2. The molecule has 0 aliphatic carbocycles. The molecule has 0 spiro atoms. The fraction of sp³-hybridized carbons (Fsp3) is 0.458. The summed E-state index contributed by atoms with van der Waals surface area (Å²) in [6, 6.07) is 16.5. The van der Waals surface area contributed by atoms with Crippen LogP contribution >= 0.6 is 0 Å². The highest BCUT2D eigenvalue weighted by Gasteiger charge is 2.23. The fourth-order valence-corrected chi connectivity index (χ4v) is 4.34. The van der Waals surface area contributed by atoms with Crippen molar-refractivity contribution in [3.63, 3.8) is 0 Å². The number of ether oxygens (including phenoxy) is 2. The molecule has 1 N–H and O–H groups in total. The first kappa shape index (κ1) is 20.7. The van der Waals surface area contributed by atoms with E-state index in [-0.39, 0.29) is 11.9 Å². The van der Waals surface area contributed by atoms with E-state index in [1.807, 2.05) is 30.3 Å². The molecule has 160 valence electrons. The Labute approximate surface area is 178 Å². The van der Waals surface area contributed by atoms with Gasteiger partial charge in [0, 0.05) is 37.8 Å². The molecule has 2 aliphatic heterocycles. The molecule has 0 bridgehead atoms. The van der Waals surface area contributed by atoms with E-state index in [2.05, 4.69) is 33.3 Å². The number of nitrogens with one attached hydrogen (secondary N) is 1. The average molecular weight is 410 g/mol. The normalized spacial score (nSPS) is 20.0. The minimum Gasteiger partial charge on any atom is -0.497 e. The van der Waals surface area contributed by atoms with Crippen LogP contribution in [-0.2, 0) is 17.9 Å². The Balaban J connectivity index is 1.28. The summed E-state index contributed by atoms with van der Waals surface area (Å²) in [5.74, 6) is 1.92. The van der Waals surface area contributed by atoms with E-state index < -0.39 is 0 Å². The van der Waals surface area contributed by atoms with E-state index in [0.717, 1.165) is 62.6 Å². The Morgan fingerprint density at radius 1 is 1.17 bits per heavy atom. The van der Waals surface area contributed by atoms with Crippen molar-refractivity contribution in [2.75, 3.05) is 39.9 Å². The number of fused-ring (bicyclic) bond motifs is 1. The average Bonchev–Trinajstić information content (AvgIpc) is 2.95. The summed E-state index contributed by atoms with van der Waals surface area (Å²) >= 11 is 0. The number of carbonyl (C=O) groups is 1. The molecular weight excluding hydrogens is 378 g/mol. The first-order valence-electron chi connectivity index (χ1n) is 10.8. The lowest BCUT2D eigenvalue weighted by molar-refractivity contribution is -0.123. The van der Waals surface area contributed by atoms with Crippen LogP contribution in [0.1, 0.15) is 24.0 Å². The Morgan fingerprint density at radius 3 is 2.97 bits per heavy atom. The maximum absolute atomic E-state index is 12.7. The molecule has 2 heterocycles. The lowest BCUT2D eigenvalue weighted by Gasteiger charge is -2.33. The van der Waals surface area contributed by atoms with Gasteiger partial charge in [-0.25, -0.2) is 0 Å². The lowest BCUT2D eigenvalue weighted by Crippen LogP contribution is -2.49. The summed E-state index contributed by atoms with van der Waals surface area (Å²) in [4.78, 5) is 17.3. The van der Waals surface area contributed by atoms with Crippen LogP contribution in [0.15, 0.2) is 48.5 Å². The Bertz CT molecular complexity index is 857.